The molecule has 3 heteroatoms. The normalized spacial score (nSPS) is 28.1. The minimum Gasteiger partial charge on any atom is -0.488 e. The molecule has 0 bridgehead atoms. The van der Waals surface area contributed by atoms with Gasteiger partial charge in [-0.25, -0.2) is 0 Å². The van der Waals surface area contributed by atoms with Gasteiger partial charge in [-0.15, -0.1) is 0 Å². The van der Waals surface area contributed by atoms with E-state index in [1.165, 1.54) is 11.1 Å². The number of ether oxygens (including phenoxy) is 1. The molecule has 1 N–H and O–H groups in total. The number of likely N-dealkylation sites (tertiary alicyclic amines) is 1. The molecule has 1 aromatic rings. The number of aliphatic hydroxyl groups excluding tert-OH is 1. The summed E-state index contributed by atoms with van der Waals surface area (Å²) in [6.45, 7) is 4.85. The van der Waals surface area contributed by atoms with E-state index in [0.29, 0.717) is 0 Å². The third kappa shape index (κ3) is 2.31. The Kier molecular flexibility index (Phi) is 2.81. The number of hydrogen-bond donors (Lipinski definition) is 1. The number of hydrogen-bond acceptors (Lipinski definition) is 3. The lowest BCUT2D eigenvalue weighted by Crippen LogP contribution is -2.33. The van der Waals surface area contributed by atoms with Gasteiger partial charge in [0.1, 0.15) is 11.9 Å². The van der Waals surface area contributed by atoms with Crippen molar-refractivity contribution < 1.29 is 9.84 Å². The van der Waals surface area contributed by atoms with Crippen molar-refractivity contribution in [1.82, 2.24) is 4.90 Å². The Morgan fingerprint density at radius 1 is 1.47 bits per heavy atom. The van der Waals surface area contributed by atoms with E-state index in [-0.39, 0.29) is 12.2 Å². The zero-order chi connectivity index (χ0) is 11.8. The largest absolute Gasteiger partial charge is 0.488 e. The number of aliphatic hydroxyl groups is 1. The van der Waals surface area contributed by atoms with Crippen molar-refractivity contribution >= 4 is 0 Å². The molecule has 2 aliphatic rings. The lowest BCUT2D eigenvalue weighted by atomic mass is 10.1. The first-order chi connectivity index (χ1) is 8.20. The summed E-state index contributed by atoms with van der Waals surface area (Å²) in [4.78, 5) is 2.30. The Bertz CT molecular complexity index is 419. The van der Waals surface area contributed by atoms with Crippen LogP contribution in [0.2, 0.25) is 0 Å². The number of nitrogens with zero attached hydrogens (tertiary/aromatic N) is 1. The molecule has 17 heavy (non-hydrogen) atoms. The van der Waals surface area contributed by atoms with E-state index in [2.05, 4.69) is 30.0 Å². The second kappa shape index (κ2) is 4.31. The highest BCUT2D eigenvalue weighted by Gasteiger charge is 2.28. The SMILES string of the molecule is Cc1ccc2c(c1)CC(CN1CCC(O)C1)O2. The van der Waals surface area contributed by atoms with E-state index < -0.39 is 0 Å². The van der Waals surface area contributed by atoms with Crippen LogP contribution in [0.3, 0.4) is 0 Å². The summed E-state index contributed by atoms with van der Waals surface area (Å²) in [5, 5.41) is 9.50. The Balaban J connectivity index is 1.62. The molecule has 2 unspecified atom stereocenters. The monoisotopic (exact) mass is 233 g/mol. The second-order valence-corrected chi connectivity index (χ2v) is 5.26. The number of rotatable bonds is 2. The molecule has 0 aliphatic carbocycles. The van der Waals surface area contributed by atoms with Gasteiger partial charge in [0.05, 0.1) is 6.10 Å². The summed E-state index contributed by atoms with van der Waals surface area (Å²) >= 11 is 0. The molecular formula is C14H19NO2. The second-order valence-electron chi connectivity index (χ2n) is 5.26. The molecule has 3 rings (SSSR count). The van der Waals surface area contributed by atoms with Crippen LogP contribution in [0.4, 0.5) is 0 Å². The lowest BCUT2D eigenvalue weighted by Gasteiger charge is -2.19. The van der Waals surface area contributed by atoms with Crippen LogP contribution in [0.15, 0.2) is 18.2 Å². The molecule has 1 aromatic carbocycles. The van der Waals surface area contributed by atoms with Gasteiger partial charge in [-0.1, -0.05) is 17.7 Å². The van der Waals surface area contributed by atoms with Crippen LogP contribution in [0, 0.1) is 6.92 Å². The summed E-state index contributed by atoms with van der Waals surface area (Å²) in [6.07, 6.45) is 2.03. The molecule has 0 spiro atoms. The van der Waals surface area contributed by atoms with Crippen LogP contribution < -0.4 is 4.74 Å². The fourth-order valence-electron chi connectivity index (χ4n) is 2.82. The summed E-state index contributed by atoms with van der Waals surface area (Å²) in [6, 6.07) is 6.39. The maximum atomic E-state index is 9.50. The van der Waals surface area contributed by atoms with Crippen molar-refractivity contribution in [3.8, 4) is 5.75 Å². The van der Waals surface area contributed by atoms with Crippen molar-refractivity contribution in [3.05, 3.63) is 29.3 Å². The van der Waals surface area contributed by atoms with E-state index >= 15 is 0 Å². The van der Waals surface area contributed by atoms with Crippen LogP contribution in [0.1, 0.15) is 17.5 Å². The Morgan fingerprint density at radius 2 is 2.35 bits per heavy atom. The molecule has 3 nitrogen and oxygen atoms in total. The van der Waals surface area contributed by atoms with Gasteiger partial charge in [0.2, 0.25) is 0 Å². The molecule has 2 heterocycles. The predicted octanol–water partition coefficient (Wildman–Crippen LogP) is 1.37. The minimum atomic E-state index is -0.138. The summed E-state index contributed by atoms with van der Waals surface area (Å²) in [7, 11) is 0. The fourth-order valence-corrected chi connectivity index (χ4v) is 2.82. The average molecular weight is 233 g/mol. The van der Waals surface area contributed by atoms with Gasteiger partial charge in [-0.2, -0.15) is 0 Å². The van der Waals surface area contributed by atoms with E-state index in [1.807, 2.05) is 0 Å². The molecule has 92 valence electrons. The molecule has 0 saturated carbocycles. The Morgan fingerprint density at radius 3 is 3.12 bits per heavy atom. The maximum absolute atomic E-state index is 9.50. The molecule has 0 amide bonds. The third-order valence-electron chi connectivity index (χ3n) is 3.67. The van der Waals surface area contributed by atoms with Gasteiger partial charge in [0.25, 0.3) is 0 Å². The Hall–Kier alpha value is -1.06. The molecule has 1 fully saturated rings. The number of aryl methyl sites for hydroxylation is 1. The fraction of sp³-hybridized carbons (Fsp3) is 0.571. The number of fused-ring (bicyclic) bond motifs is 1. The van der Waals surface area contributed by atoms with Crippen molar-refractivity contribution in [2.24, 2.45) is 0 Å². The molecule has 0 radical (unpaired) electrons. The number of β-amino-alcohol motifs (C(OH)–C–C–N with tert-alkyl or cyclic N) is 1. The quantitative estimate of drug-likeness (QED) is 0.837. The lowest BCUT2D eigenvalue weighted by molar-refractivity contribution is 0.142. The molecule has 2 atom stereocenters. The smallest absolute Gasteiger partial charge is 0.123 e. The third-order valence-corrected chi connectivity index (χ3v) is 3.67. The molecule has 1 saturated heterocycles. The molecular weight excluding hydrogens is 214 g/mol. The van der Waals surface area contributed by atoms with E-state index in [4.69, 9.17) is 4.74 Å². The minimum absolute atomic E-state index is 0.138. The number of benzene rings is 1. The van der Waals surface area contributed by atoms with Crippen LogP contribution in [-0.2, 0) is 6.42 Å². The zero-order valence-corrected chi connectivity index (χ0v) is 10.2. The van der Waals surface area contributed by atoms with Crippen molar-refractivity contribution in [3.63, 3.8) is 0 Å². The van der Waals surface area contributed by atoms with Crippen LogP contribution in [0.5, 0.6) is 5.75 Å². The topological polar surface area (TPSA) is 32.7 Å². The predicted molar refractivity (Wildman–Crippen MR) is 66.4 cm³/mol. The van der Waals surface area contributed by atoms with Crippen molar-refractivity contribution in [1.29, 1.82) is 0 Å². The summed E-state index contributed by atoms with van der Waals surface area (Å²) in [5.74, 6) is 1.04. The van der Waals surface area contributed by atoms with Gasteiger partial charge in [-0.05, 0) is 25.0 Å². The van der Waals surface area contributed by atoms with Gasteiger partial charge in [-0.3, -0.25) is 4.90 Å². The van der Waals surface area contributed by atoms with Gasteiger partial charge >= 0.3 is 0 Å². The van der Waals surface area contributed by atoms with Crippen LogP contribution >= 0.6 is 0 Å². The van der Waals surface area contributed by atoms with Crippen LogP contribution in [0.25, 0.3) is 0 Å². The highest BCUT2D eigenvalue weighted by Crippen LogP contribution is 2.30. The van der Waals surface area contributed by atoms with Crippen molar-refractivity contribution in [2.75, 3.05) is 19.6 Å². The van der Waals surface area contributed by atoms with Crippen molar-refractivity contribution in [2.45, 2.75) is 32.0 Å². The summed E-state index contributed by atoms with van der Waals surface area (Å²) in [5.41, 5.74) is 2.62. The first kappa shape index (κ1) is 11.1. The standard InChI is InChI=1S/C14H19NO2/c1-10-2-3-14-11(6-10)7-13(17-14)9-15-5-4-12(16)8-15/h2-3,6,12-13,16H,4-5,7-9H2,1H3. The molecule has 2 aliphatic heterocycles. The zero-order valence-electron chi connectivity index (χ0n) is 10.2. The van der Waals surface area contributed by atoms with Crippen LogP contribution in [-0.4, -0.2) is 41.8 Å². The van der Waals surface area contributed by atoms with Gasteiger partial charge in [0.15, 0.2) is 0 Å². The molecule has 0 aromatic heterocycles. The first-order valence-corrected chi connectivity index (χ1v) is 6.37. The first-order valence-electron chi connectivity index (χ1n) is 6.37. The van der Waals surface area contributed by atoms with E-state index in [0.717, 1.165) is 38.2 Å². The van der Waals surface area contributed by atoms with E-state index in [1.54, 1.807) is 0 Å². The van der Waals surface area contributed by atoms with Gasteiger partial charge < -0.3 is 9.84 Å². The highest BCUT2D eigenvalue weighted by atomic mass is 16.5. The van der Waals surface area contributed by atoms with Gasteiger partial charge in [0, 0.05) is 26.1 Å². The average Bonchev–Trinajstić information content (AvgIpc) is 2.84. The maximum Gasteiger partial charge on any atom is 0.123 e. The van der Waals surface area contributed by atoms with E-state index in [9.17, 15) is 5.11 Å². The summed E-state index contributed by atoms with van der Waals surface area (Å²) < 4.78 is 5.94. The Labute approximate surface area is 102 Å². The highest BCUT2D eigenvalue weighted by molar-refractivity contribution is 5.40.